The number of carbonyl (C=O) groups is 1. The summed E-state index contributed by atoms with van der Waals surface area (Å²) in [5.74, 6) is -0.387. The third-order valence-electron chi connectivity index (χ3n) is 5.07. The molecule has 1 aliphatic carbocycles. The van der Waals surface area contributed by atoms with E-state index in [4.69, 9.17) is 4.52 Å². The molecule has 1 N–H and O–H groups in total. The van der Waals surface area contributed by atoms with Gasteiger partial charge in [-0.15, -0.1) is 0 Å². The van der Waals surface area contributed by atoms with Gasteiger partial charge in [-0.3, -0.25) is 4.79 Å². The number of hydrogen-bond donors (Lipinski definition) is 1. The molecule has 1 saturated carbocycles. The molecule has 5 nitrogen and oxygen atoms in total. The molecule has 1 aliphatic rings. The van der Waals surface area contributed by atoms with Crippen molar-refractivity contribution in [3.63, 3.8) is 0 Å². The van der Waals surface area contributed by atoms with Crippen molar-refractivity contribution in [3.8, 4) is 0 Å². The predicted octanol–water partition coefficient (Wildman–Crippen LogP) is 4.36. The zero-order valence-electron chi connectivity index (χ0n) is 14.4. The Hall–Kier alpha value is -2.90. The molecule has 4 rings (SSSR count). The van der Waals surface area contributed by atoms with Crippen LogP contribution in [0.3, 0.4) is 0 Å². The lowest BCUT2D eigenvalue weighted by Gasteiger charge is -2.43. The predicted molar refractivity (Wildman–Crippen MR) is 91.0 cm³/mol. The first-order valence-corrected chi connectivity index (χ1v) is 8.51. The molecular formula is C19H16F3N3O2. The lowest BCUT2D eigenvalue weighted by Crippen LogP contribution is -2.50. The maximum atomic E-state index is 13.1. The molecule has 0 saturated heterocycles. The summed E-state index contributed by atoms with van der Waals surface area (Å²) in [5.41, 5.74) is 0.211. The number of halogens is 3. The van der Waals surface area contributed by atoms with Crippen molar-refractivity contribution in [2.75, 3.05) is 0 Å². The van der Waals surface area contributed by atoms with E-state index in [0.29, 0.717) is 40.8 Å². The lowest BCUT2D eigenvalue weighted by atomic mass is 9.71. The molecule has 2 aromatic heterocycles. The van der Waals surface area contributed by atoms with Gasteiger partial charge in [0.2, 0.25) is 0 Å². The third kappa shape index (κ3) is 3.05. The molecule has 1 amide bonds. The topological polar surface area (TPSA) is 68.0 Å². The monoisotopic (exact) mass is 375 g/mol. The summed E-state index contributed by atoms with van der Waals surface area (Å²) in [6.07, 6.45) is -1.05. The highest BCUT2D eigenvalue weighted by molar-refractivity contribution is 5.97. The van der Waals surface area contributed by atoms with E-state index in [1.165, 1.54) is 12.3 Å². The second-order valence-corrected chi connectivity index (χ2v) is 6.81. The van der Waals surface area contributed by atoms with E-state index in [1.54, 1.807) is 19.1 Å². The van der Waals surface area contributed by atoms with E-state index in [0.717, 1.165) is 18.6 Å². The minimum Gasteiger partial charge on any atom is -0.342 e. The number of pyridine rings is 1. The number of amides is 1. The summed E-state index contributed by atoms with van der Waals surface area (Å²) in [4.78, 5) is 16.8. The van der Waals surface area contributed by atoms with Gasteiger partial charge in [0.25, 0.3) is 11.6 Å². The Labute approximate surface area is 152 Å². The molecule has 2 heterocycles. The first-order chi connectivity index (χ1) is 12.8. The average Bonchev–Trinajstić information content (AvgIpc) is 2.98. The Kier molecular flexibility index (Phi) is 3.94. The molecule has 1 aromatic carbocycles. The summed E-state index contributed by atoms with van der Waals surface area (Å²) in [5, 5.41) is 7.35. The van der Waals surface area contributed by atoms with Gasteiger partial charge in [0, 0.05) is 6.20 Å². The van der Waals surface area contributed by atoms with Crippen LogP contribution >= 0.6 is 0 Å². The molecule has 27 heavy (non-hydrogen) atoms. The van der Waals surface area contributed by atoms with Crippen molar-refractivity contribution in [2.24, 2.45) is 0 Å². The van der Waals surface area contributed by atoms with Crippen LogP contribution in [0.5, 0.6) is 0 Å². The van der Waals surface area contributed by atoms with Crippen molar-refractivity contribution in [3.05, 3.63) is 58.9 Å². The van der Waals surface area contributed by atoms with Crippen molar-refractivity contribution in [1.82, 2.24) is 15.5 Å². The second-order valence-electron chi connectivity index (χ2n) is 6.81. The number of aryl methyl sites for hydroxylation is 1. The summed E-state index contributed by atoms with van der Waals surface area (Å²) in [6.45, 7) is 1.74. The number of nitrogens with zero attached hydrogens (tertiary/aromatic N) is 2. The number of hydrogen-bond acceptors (Lipinski definition) is 4. The fourth-order valence-electron chi connectivity index (χ4n) is 3.37. The van der Waals surface area contributed by atoms with E-state index in [9.17, 15) is 18.0 Å². The number of nitrogens with one attached hydrogen (secondary N) is 1. The number of benzene rings is 1. The maximum Gasteiger partial charge on any atom is 0.416 e. The molecular weight excluding hydrogens is 359 g/mol. The summed E-state index contributed by atoms with van der Waals surface area (Å²) < 4.78 is 44.2. The highest BCUT2D eigenvalue weighted by Gasteiger charge is 2.41. The van der Waals surface area contributed by atoms with Crippen LogP contribution in [-0.4, -0.2) is 16.0 Å². The normalized spacial score (nSPS) is 16.1. The number of aromatic nitrogens is 2. The zero-order chi connectivity index (χ0) is 19.2. The van der Waals surface area contributed by atoms with E-state index in [2.05, 4.69) is 15.5 Å². The summed E-state index contributed by atoms with van der Waals surface area (Å²) in [6, 6.07) is 6.77. The van der Waals surface area contributed by atoms with Crippen molar-refractivity contribution >= 4 is 17.0 Å². The molecule has 0 bridgehead atoms. The molecule has 0 atom stereocenters. The molecule has 0 spiro atoms. The van der Waals surface area contributed by atoms with Gasteiger partial charge in [-0.25, -0.2) is 4.98 Å². The van der Waals surface area contributed by atoms with Crippen molar-refractivity contribution in [1.29, 1.82) is 0 Å². The minimum atomic E-state index is -4.42. The van der Waals surface area contributed by atoms with Crippen LogP contribution in [0, 0.1) is 6.92 Å². The quantitative estimate of drug-likeness (QED) is 0.739. The van der Waals surface area contributed by atoms with Gasteiger partial charge in [0.15, 0.2) is 0 Å². The number of fused-ring (bicyclic) bond motifs is 1. The first kappa shape index (κ1) is 17.5. The van der Waals surface area contributed by atoms with Crippen molar-refractivity contribution in [2.45, 2.75) is 37.9 Å². The van der Waals surface area contributed by atoms with Crippen LogP contribution < -0.4 is 5.32 Å². The maximum absolute atomic E-state index is 13.1. The van der Waals surface area contributed by atoms with Crippen LogP contribution in [0.15, 0.2) is 41.1 Å². The fraction of sp³-hybridized carbons (Fsp3) is 0.316. The highest BCUT2D eigenvalue weighted by atomic mass is 19.4. The molecule has 1 fully saturated rings. The molecule has 0 unspecified atom stereocenters. The van der Waals surface area contributed by atoms with Gasteiger partial charge in [-0.1, -0.05) is 17.3 Å². The standard InChI is InChI=1S/C19H16F3N3O2/c1-11-15-8-12(10-23-17(15)27-25-11)16(26)24-18(6-3-7-18)13-4-2-5-14(9-13)19(20,21)22/h2,4-5,8-10H,3,6-7H2,1H3,(H,24,26). The number of carbonyl (C=O) groups excluding carboxylic acids is 1. The summed E-state index contributed by atoms with van der Waals surface area (Å²) >= 11 is 0. The number of rotatable bonds is 3. The van der Waals surface area contributed by atoms with Crippen LogP contribution in [0.4, 0.5) is 13.2 Å². The zero-order valence-corrected chi connectivity index (χ0v) is 14.4. The van der Waals surface area contributed by atoms with E-state index < -0.39 is 17.3 Å². The average molecular weight is 375 g/mol. The minimum absolute atomic E-state index is 0.312. The highest BCUT2D eigenvalue weighted by Crippen LogP contribution is 2.43. The largest absolute Gasteiger partial charge is 0.416 e. The fourth-order valence-corrected chi connectivity index (χ4v) is 3.37. The van der Waals surface area contributed by atoms with Gasteiger partial charge in [0.1, 0.15) is 0 Å². The Bertz CT molecular complexity index is 1020. The van der Waals surface area contributed by atoms with Gasteiger partial charge >= 0.3 is 6.18 Å². The molecule has 0 aliphatic heterocycles. The van der Waals surface area contributed by atoms with Gasteiger partial charge in [-0.2, -0.15) is 13.2 Å². The van der Waals surface area contributed by atoms with Gasteiger partial charge in [-0.05, 0) is 49.9 Å². The van der Waals surface area contributed by atoms with E-state index in [1.807, 2.05) is 0 Å². The molecule has 3 aromatic rings. The SMILES string of the molecule is Cc1noc2ncc(C(=O)NC3(c4cccc(C(F)(F)F)c4)CCC3)cc12. The molecule has 140 valence electrons. The first-order valence-electron chi connectivity index (χ1n) is 8.51. The Morgan fingerprint density at radius 1 is 1.26 bits per heavy atom. The van der Waals surface area contributed by atoms with E-state index in [-0.39, 0.29) is 5.91 Å². The lowest BCUT2D eigenvalue weighted by molar-refractivity contribution is -0.137. The Morgan fingerprint density at radius 3 is 2.70 bits per heavy atom. The van der Waals surface area contributed by atoms with Gasteiger partial charge < -0.3 is 9.84 Å². The third-order valence-corrected chi connectivity index (χ3v) is 5.07. The smallest absolute Gasteiger partial charge is 0.342 e. The van der Waals surface area contributed by atoms with Crippen LogP contribution in [-0.2, 0) is 11.7 Å². The summed E-state index contributed by atoms with van der Waals surface area (Å²) in [7, 11) is 0. The number of alkyl halides is 3. The Balaban J connectivity index is 1.64. The molecule has 8 heteroatoms. The van der Waals surface area contributed by atoms with Gasteiger partial charge in [0.05, 0.1) is 27.7 Å². The van der Waals surface area contributed by atoms with Crippen LogP contribution in [0.2, 0.25) is 0 Å². The van der Waals surface area contributed by atoms with Crippen molar-refractivity contribution < 1.29 is 22.5 Å². The Morgan fingerprint density at radius 2 is 2.04 bits per heavy atom. The van der Waals surface area contributed by atoms with E-state index >= 15 is 0 Å². The van der Waals surface area contributed by atoms with Crippen LogP contribution in [0.1, 0.15) is 46.4 Å². The molecule has 0 radical (unpaired) electrons. The van der Waals surface area contributed by atoms with Crippen LogP contribution in [0.25, 0.3) is 11.1 Å². The second kappa shape index (κ2) is 6.07.